The molecule has 1 heterocycles. The largest absolute Gasteiger partial charge is 0.375 e. The second-order valence-corrected chi connectivity index (χ2v) is 4.35. The molecule has 2 atom stereocenters. The Kier molecular flexibility index (Phi) is 3.35. The Morgan fingerprint density at radius 3 is 2.85 bits per heavy atom. The molecule has 0 spiro atoms. The highest BCUT2D eigenvalue weighted by Gasteiger charge is 2.28. The summed E-state index contributed by atoms with van der Waals surface area (Å²) in [7, 11) is 0. The van der Waals surface area contributed by atoms with Gasteiger partial charge in [-0.2, -0.15) is 0 Å². The molecule has 1 N–H and O–H groups in total. The first kappa shape index (κ1) is 10.6. The molecule has 1 rings (SSSR count). The van der Waals surface area contributed by atoms with E-state index in [9.17, 15) is 0 Å². The Balaban J connectivity index is 2.40. The summed E-state index contributed by atoms with van der Waals surface area (Å²) in [5, 5.41) is 3.41. The second-order valence-electron chi connectivity index (χ2n) is 4.35. The van der Waals surface area contributed by atoms with E-state index in [1.807, 2.05) is 6.92 Å². The van der Waals surface area contributed by atoms with Crippen LogP contribution in [-0.2, 0) is 4.74 Å². The molecule has 74 valence electrons. The highest BCUT2D eigenvalue weighted by molar-refractivity contribution is 4.98. The fourth-order valence-corrected chi connectivity index (χ4v) is 1.78. The molecule has 1 fully saturated rings. The predicted molar refractivity (Wildman–Crippen MR) is 54.5 cm³/mol. The molecule has 0 saturated carbocycles. The molecule has 0 radical (unpaired) electrons. The Labute approximate surface area is 81.0 Å². The van der Waals surface area contributed by atoms with Crippen LogP contribution in [0, 0.1) is 12.3 Å². The van der Waals surface area contributed by atoms with Crippen LogP contribution >= 0.6 is 0 Å². The van der Waals surface area contributed by atoms with Crippen LogP contribution in [0.3, 0.4) is 0 Å². The molecular weight excluding hydrogens is 162 g/mol. The third kappa shape index (κ3) is 3.38. The quantitative estimate of drug-likeness (QED) is 0.653. The first-order chi connectivity index (χ1) is 6.03. The Morgan fingerprint density at radius 1 is 1.62 bits per heavy atom. The molecule has 0 aromatic carbocycles. The predicted octanol–water partition coefficient (Wildman–Crippen LogP) is 1.56. The van der Waals surface area contributed by atoms with Gasteiger partial charge in [-0.25, -0.2) is 0 Å². The van der Waals surface area contributed by atoms with E-state index < -0.39 is 0 Å². The molecule has 1 saturated heterocycles. The molecule has 1 aliphatic rings. The van der Waals surface area contributed by atoms with Gasteiger partial charge in [-0.05, 0) is 33.6 Å². The van der Waals surface area contributed by atoms with E-state index in [0.717, 1.165) is 19.4 Å². The number of hydrogen-bond acceptors (Lipinski definition) is 2. The first-order valence-corrected chi connectivity index (χ1v) is 4.89. The van der Waals surface area contributed by atoms with E-state index >= 15 is 0 Å². The first-order valence-electron chi connectivity index (χ1n) is 4.89. The van der Waals surface area contributed by atoms with Gasteiger partial charge in [0.2, 0.25) is 0 Å². The molecule has 0 aromatic rings. The molecule has 2 unspecified atom stereocenters. The van der Waals surface area contributed by atoms with E-state index in [0.29, 0.717) is 6.04 Å². The van der Waals surface area contributed by atoms with Gasteiger partial charge in [0.15, 0.2) is 0 Å². The van der Waals surface area contributed by atoms with Crippen molar-refractivity contribution >= 4 is 0 Å². The molecule has 0 amide bonds. The van der Waals surface area contributed by atoms with Crippen molar-refractivity contribution in [2.75, 3.05) is 6.61 Å². The minimum atomic E-state index is 0.00420. The van der Waals surface area contributed by atoms with Crippen LogP contribution in [0.25, 0.3) is 0 Å². The van der Waals surface area contributed by atoms with E-state index in [-0.39, 0.29) is 11.6 Å². The number of nitrogens with one attached hydrogen (secondary N) is 1. The SMILES string of the molecule is C#CC(C)NC1CCOC(C)(C)C1. The molecular formula is C11H19NO. The van der Waals surface area contributed by atoms with Gasteiger partial charge in [0.05, 0.1) is 11.6 Å². The molecule has 0 aromatic heterocycles. The Bertz CT molecular complexity index is 205. The lowest BCUT2D eigenvalue weighted by Gasteiger charge is -2.36. The zero-order valence-electron chi connectivity index (χ0n) is 8.76. The van der Waals surface area contributed by atoms with Gasteiger partial charge < -0.3 is 10.1 Å². The van der Waals surface area contributed by atoms with E-state index in [1.54, 1.807) is 0 Å². The van der Waals surface area contributed by atoms with Gasteiger partial charge in [-0.3, -0.25) is 0 Å². The van der Waals surface area contributed by atoms with Crippen LogP contribution in [0.4, 0.5) is 0 Å². The van der Waals surface area contributed by atoms with Gasteiger partial charge in [0.1, 0.15) is 0 Å². The fraction of sp³-hybridized carbons (Fsp3) is 0.818. The van der Waals surface area contributed by atoms with Crippen LogP contribution in [0.5, 0.6) is 0 Å². The van der Waals surface area contributed by atoms with Crippen molar-refractivity contribution in [3.05, 3.63) is 0 Å². The summed E-state index contributed by atoms with van der Waals surface area (Å²) in [6.45, 7) is 7.10. The highest BCUT2D eigenvalue weighted by atomic mass is 16.5. The van der Waals surface area contributed by atoms with Crippen molar-refractivity contribution in [2.45, 2.75) is 51.3 Å². The summed E-state index contributed by atoms with van der Waals surface area (Å²) in [6.07, 6.45) is 7.42. The maximum atomic E-state index is 5.62. The molecule has 2 nitrogen and oxygen atoms in total. The monoisotopic (exact) mass is 181 g/mol. The summed E-state index contributed by atoms with van der Waals surface area (Å²) in [6, 6.07) is 0.675. The highest BCUT2D eigenvalue weighted by Crippen LogP contribution is 2.23. The minimum absolute atomic E-state index is 0.00420. The van der Waals surface area contributed by atoms with E-state index in [1.165, 1.54) is 0 Å². The molecule has 0 aliphatic carbocycles. The van der Waals surface area contributed by atoms with Crippen molar-refractivity contribution in [1.82, 2.24) is 5.32 Å². The topological polar surface area (TPSA) is 21.3 Å². The van der Waals surface area contributed by atoms with Crippen molar-refractivity contribution in [1.29, 1.82) is 0 Å². The zero-order valence-corrected chi connectivity index (χ0v) is 8.76. The van der Waals surface area contributed by atoms with Crippen molar-refractivity contribution in [2.24, 2.45) is 0 Å². The summed E-state index contributed by atoms with van der Waals surface area (Å²) < 4.78 is 5.62. The summed E-state index contributed by atoms with van der Waals surface area (Å²) >= 11 is 0. The maximum absolute atomic E-state index is 5.62. The van der Waals surface area contributed by atoms with E-state index in [4.69, 9.17) is 11.2 Å². The average Bonchev–Trinajstić information content (AvgIpc) is 2.02. The number of hydrogen-bond donors (Lipinski definition) is 1. The number of ether oxygens (including phenoxy) is 1. The van der Waals surface area contributed by atoms with Crippen LogP contribution in [0.1, 0.15) is 33.6 Å². The van der Waals surface area contributed by atoms with Crippen molar-refractivity contribution < 1.29 is 4.74 Å². The molecule has 1 aliphatic heterocycles. The summed E-state index contributed by atoms with van der Waals surface area (Å²) in [5.41, 5.74) is 0.00420. The van der Waals surface area contributed by atoms with E-state index in [2.05, 4.69) is 25.1 Å². The number of terminal acetylenes is 1. The lowest BCUT2D eigenvalue weighted by molar-refractivity contribution is -0.0632. The third-order valence-electron chi connectivity index (χ3n) is 2.43. The van der Waals surface area contributed by atoms with Crippen LogP contribution < -0.4 is 5.32 Å². The van der Waals surface area contributed by atoms with Gasteiger partial charge in [-0.15, -0.1) is 6.42 Å². The smallest absolute Gasteiger partial charge is 0.0660 e. The van der Waals surface area contributed by atoms with Crippen LogP contribution in [0.2, 0.25) is 0 Å². The van der Waals surface area contributed by atoms with Crippen LogP contribution in [-0.4, -0.2) is 24.3 Å². The standard InChI is InChI=1S/C11H19NO/c1-5-9(2)12-10-6-7-13-11(3,4)8-10/h1,9-10,12H,6-8H2,2-4H3. The minimum Gasteiger partial charge on any atom is -0.375 e. The molecule has 0 bridgehead atoms. The summed E-state index contributed by atoms with van der Waals surface area (Å²) in [4.78, 5) is 0. The Hall–Kier alpha value is -0.520. The van der Waals surface area contributed by atoms with Gasteiger partial charge in [-0.1, -0.05) is 5.92 Å². The fourth-order valence-electron chi connectivity index (χ4n) is 1.78. The normalized spacial score (nSPS) is 29.2. The lowest BCUT2D eigenvalue weighted by Crippen LogP contribution is -2.46. The molecule has 13 heavy (non-hydrogen) atoms. The average molecular weight is 181 g/mol. The maximum Gasteiger partial charge on any atom is 0.0660 e. The van der Waals surface area contributed by atoms with Gasteiger partial charge in [0.25, 0.3) is 0 Å². The Morgan fingerprint density at radius 2 is 2.31 bits per heavy atom. The second kappa shape index (κ2) is 4.13. The van der Waals surface area contributed by atoms with Crippen LogP contribution in [0.15, 0.2) is 0 Å². The van der Waals surface area contributed by atoms with Crippen molar-refractivity contribution in [3.8, 4) is 12.3 Å². The molecule has 2 heteroatoms. The van der Waals surface area contributed by atoms with Crippen molar-refractivity contribution in [3.63, 3.8) is 0 Å². The number of rotatable bonds is 2. The zero-order chi connectivity index (χ0) is 9.90. The lowest BCUT2D eigenvalue weighted by atomic mass is 9.93. The van der Waals surface area contributed by atoms with Gasteiger partial charge in [0, 0.05) is 12.6 Å². The third-order valence-corrected chi connectivity index (χ3v) is 2.43. The van der Waals surface area contributed by atoms with Gasteiger partial charge >= 0.3 is 0 Å². The summed E-state index contributed by atoms with van der Waals surface area (Å²) in [5.74, 6) is 2.69.